The molecule has 1 aliphatic carbocycles. The highest BCUT2D eigenvalue weighted by atomic mass is 16.5. The van der Waals surface area contributed by atoms with Crippen LogP contribution in [0.25, 0.3) is 0 Å². The van der Waals surface area contributed by atoms with Gasteiger partial charge in [-0.25, -0.2) is 0 Å². The molecule has 0 saturated heterocycles. The molecule has 0 unspecified atom stereocenters. The quantitative estimate of drug-likeness (QED) is 0.859. The molecule has 1 amide bonds. The third-order valence-electron chi connectivity index (χ3n) is 4.59. The molecule has 1 saturated carbocycles. The maximum Gasteiger partial charge on any atom is 0.256 e. The summed E-state index contributed by atoms with van der Waals surface area (Å²) in [6.45, 7) is 4.76. The summed E-state index contributed by atoms with van der Waals surface area (Å²) >= 11 is 0. The van der Waals surface area contributed by atoms with Crippen LogP contribution < -0.4 is 10.1 Å². The summed E-state index contributed by atoms with van der Waals surface area (Å²) in [4.78, 5) is 12.8. The molecule has 1 fully saturated rings. The summed E-state index contributed by atoms with van der Waals surface area (Å²) in [5.41, 5.74) is 0.0926. The van der Waals surface area contributed by atoms with Gasteiger partial charge in [-0.3, -0.25) is 4.79 Å². The summed E-state index contributed by atoms with van der Waals surface area (Å²) in [5, 5.41) is 12.3. The smallest absolute Gasteiger partial charge is 0.256 e. The molecule has 2 rings (SSSR count). The highest BCUT2D eigenvalue weighted by Gasteiger charge is 2.42. The van der Waals surface area contributed by atoms with Crippen molar-refractivity contribution < 1.29 is 14.3 Å². The minimum atomic E-state index is -0.804. The Hall–Kier alpha value is -2.06. The Morgan fingerprint density at radius 1 is 1.50 bits per heavy atom. The van der Waals surface area contributed by atoms with Gasteiger partial charge in [0.05, 0.1) is 17.9 Å². The van der Waals surface area contributed by atoms with Crippen molar-refractivity contribution in [3.05, 3.63) is 23.8 Å². The van der Waals surface area contributed by atoms with E-state index in [1.165, 1.54) is 0 Å². The number of amides is 1. The van der Waals surface area contributed by atoms with Crippen LogP contribution in [0.3, 0.4) is 0 Å². The second kappa shape index (κ2) is 8.16. The fourth-order valence-electron chi connectivity index (χ4n) is 3.26. The molecular weight excluding hydrogens is 304 g/mol. The summed E-state index contributed by atoms with van der Waals surface area (Å²) in [6, 6.07) is 7.28. The number of carbonyl (C=O) groups excluding carboxylic acids is 1. The normalized spacial score (nSPS) is 23.3. The molecule has 0 bridgehead atoms. The van der Waals surface area contributed by atoms with E-state index in [4.69, 9.17) is 9.47 Å². The van der Waals surface area contributed by atoms with E-state index >= 15 is 0 Å². The number of ether oxygens (including phenoxy) is 2. The van der Waals surface area contributed by atoms with Crippen molar-refractivity contribution in [3.8, 4) is 11.8 Å². The number of carbonyl (C=O) groups is 1. The Morgan fingerprint density at radius 2 is 2.29 bits per heavy atom. The van der Waals surface area contributed by atoms with E-state index in [-0.39, 0.29) is 5.91 Å². The van der Waals surface area contributed by atoms with E-state index in [1.807, 2.05) is 6.92 Å². The first kappa shape index (κ1) is 18.3. The average Bonchev–Trinajstić information content (AvgIpc) is 2.60. The lowest BCUT2D eigenvalue weighted by molar-refractivity contribution is -0.143. The topological polar surface area (TPSA) is 71.3 Å². The van der Waals surface area contributed by atoms with Crippen molar-refractivity contribution in [2.75, 3.05) is 19.0 Å². The third-order valence-corrected chi connectivity index (χ3v) is 4.59. The molecule has 1 N–H and O–H groups in total. The molecule has 2 atom stereocenters. The Kier molecular flexibility index (Phi) is 6.22. The average molecular weight is 330 g/mol. The zero-order valence-corrected chi connectivity index (χ0v) is 14.7. The van der Waals surface area contributed by atoms with Gasteiger partial charge < -0.3 is 14.8 Å². The summed E-state index contributed by atoms with van der Waals surface area (Å²) in [6.07, 6.45) is 4.39. The SMILES string of the molecule is CCCOc1ccc(NC(=O)[C@]2(OC)CCC[C@@H](C)C2)c(C#N)c1. The van der Waals surface area contributed by atoms with Gasteiger partial charge in [0.2, 0.25) is 0 Å². The van der Waals surface area contributed by atoms with Crippen molar-refractivity contribution in [3.63, 3.8) is 0 Å². The monoisotopic (exact) mass is 330 g/mol. The van der Waals surface area contributed by atoms with Crippen LogP contribution in [-0.2, 0) is 9.53 Å². The van der Waals surface area contributed by atoms with Crippen molar-refractivity contribution in [2.45, 2.75) is 51.6 Å². The van der Waals surface area contributed by atoms with Gasteiger partial charge in [-0.05, 0) is 49.8 Å². The Balaban J connectivity index is 2.17. The number of hydrogen-bond acceptors (Lipinski definition) is 4. The Labute approximate surface area is 144 Å². The largest absolute Gasteiger partial charge is 0.494 e. The molecule has 5 nitrogen and oxygen atoms in total. The van der Waals surface area contributed by atoms with Crippen molar-refractivity contribution >= 4 is 11.6 Å². The van der Waals surface area contributed by atoms with E-state index in [1.54, 1.807) is 25.3 Å². The Bertz CT molecular complexity index is 624. The predicted molar refractivity (Wildman–Crippen MR) is 92.9 cm³/mol. The zero-order chi connectivity index (χ0) is 17.6. The highest BCUT2D eigenvalue weighted by molar-refractivity contribution is 5.98. The van der Waals surface area contributed by atoms with Crippen molar-refractivity contribution in [2.24, 2.45) is 5.92 Å². The fraction of sp³-hybridized carbons (Fsp3) is 0.579. The van der Waals surface area contributed by atoms with Gasteiger partial charge in [-0.2, -0.15) is 5.26 Å². The number of nitrogens with zero attached hydrogens (tertiary/aromatic N) is 1. The van der Waals surface area contributed by atoms with E-state index in [2.05, 4.69) is 18.3 Å². The van der Waals surface area contributed by atoms with Crippen LogP contribution in [-0.4, -0.2) is 25.2 Å². The number of anilines is 1. The van der Waals surface area contributed by atoms with Gasteiger partial charge in [-0.1, -0.05) is 20.3 Å². The minimum Gasteiger partial charge on any atom is -0.494 e. The van der Waals surface area contributed by atoms with Gasteiger partial charge in [0.15, 0.2) is 0 Å². The number of benzene rings is 1. The lowest BCUT2D eigenvalue weighted by atomic mass is 9.78. The summed E-state index contributed by atoms with van der Waals surface area (Å²) in [5.74, 6) is 0.916. The molecule has 1 aliphatic rings. The zero-order valence-electron chi connectivity index (χ0n) is 14.7. The second-order valence-electron chi connectivity index (χ2n) is 6.52. The van der Waals surface area contributed by atoms with E-state index in [9.17, 15) is 10.1 Å². The van der Waals surface area contributed by atoms with Gasteiger partial charge in [-0.15, -0.1) is 0 Å². The minimum absolute atomic E-state index is 0.171. The number of hydrogen-bond donors (Lipinski definition) is 1. The van der Waals surface area contributed by atoms with Crippen LogP contribution in [0, 0.1) is 17.2 Å². The van der Waals surface area contributed by atoms with Crippen LogP contribution in [0.15, 0.2) is 18.2 Å². The number of nitriles is 1. The van der Waals surface area contributed by atoms with Crippen LogP contribution in [0.4, 0.5) is 5.69 Å². The molecule has 0 radical (unpaired) electrons. The van der Waals surface area contributed by atoms with E-state index in [0.29, 0.717) is 42.4 Å². The second-order valence-corrected chi connectivity index (χ2v) is 6.52. The maximum absolute atomic E-state index is 12.8. The molecule has 24 heavy (non-hydrogen) atoms. The lowest BCUT2D eigenvalue weighted by Gasteiger charge is -2.37. The maximum atomic E-state index is 12.8. The molecule has 5 heteroatoms. The van der Waals surface area contributed by atoms with Crippen molar-refractivity contribution in [1.82, 2.24) is 0 Å². The summed E-state index contributed by atoms with van der Waals surface area (Å²) < 4.78 is 11.2. The van der Waals surface area contributed by atoms with Crippen LogP contribution in [0.5, 0.6) is 5.75 Å². The third kappa shape index (κ3) is 4.07. The van der Waals surface area contributed by atoms with Crippen LogP contribution in [0.1, 0.15) is 51.5 Å². The van der Waals surface area contributed by atoms with Gasteiger partial charge in [0.1, 0.15) is 17.4 Å². The molecular formula is C19H26N2O3. The van der Waals surface area contributed by atoms with Crippen molar-refractivity contribution in [1.29, 1.82) is 5.26 Å². The standard InChI is InChI=1S/C19H26N2O3/c1-4-10-24-16-7-8-17(15(11-16)13-20)21-18(22)19(23-3)9-5-6-14(2)12-19/h7-8,11,14H,4-6,9-10,12H2,1-3H3,(H,21,22)/t14-,19+/m1/s1. The molecule has 0 aliphatic heterocycles. The lowest BCUT2D eigenvalue weighted by Crippen LogP contribution is -2.48. The fourth-order valence-corrected chi connectivity index (χ4v) is 3.26. The molecule has 0 aromatic heterocycles. The first-order valence-electron chi connectivity index (χ1n) is 8.58. The van der Waals surface area contributed by atoms with E-state index < -0.39 is 5.60 Å². The molecule has 1 aromatic rings. The molecule has 0 spiro atoms. The highest BCUT2D eigenvalue weighted by Crippen LogP contribution is 2.36. The first-order valence-corrected chi connectivity index (χ1v) is 8.58. The van der Waals surface area contributed by atoms with Gasteiger partial charge in [0, 0.05) is 7.11 Å². The van der Waals surface area contributed by atoms with Crippen LogP contribution >= 0.6 is 0 Å². The molecule has 130 valence electrons. The number of nitrogens with one attached hydrogen (secondary N) is 1. The summed E-state index contributed by atoms with van der Waals surface area (Å²) in [7, 11) is 1.59. The van der Waals surface area contributed by atoms with Gasteiger partial charge >= 0.3 is 0 Å². The number of methoxy groups -OCH3 is 1. The molecule has 0 heterocycles. The van der Waals surface area contributed by atoms with Gasteiger partial charge in [0.25, 0.3) is 5.91 Å². The Morgan fingerprint density at radius 3 is 2.92 bits per heavy atom. The van der Waals surface area contributed by atoms with E-state index in [0.717, 1.165) is 19.3 Å². The number of rotatable bonds is 6. The molecule has 1 aromatic carbocycles. The predicted octanol–water partition coefficient (Wildman–Crippen LogP) is 3.88. The first-order chi connectivity index (χ1) is 11.5. The van der Waals surface area contributed by atoms with Crippen LogP contribution in [0.2, 0.25) is 0 Å².